The lowest BCUT2D eigenvalue weighted by atomic mass is 10.0. The predicted molar refractivity (Wildman–Crippen MR) is 89.7 cm³/mol. The molecule has 0 radical (unpaired) electrons. The molecular formula is C18H21F3N4O. The molecule has 0 aliphatic carbocycles. The van der Waals surface area contributed by atoms with Gasteiger partial charge in [0.15, 0.2) is 0 Å². The van der Waals surface area contributed by atoms with Gasteiger partial charge in [0.2, 0.25) is 0 Å². The predicted octanol–water partition coefficient (Wildman–Crippen LogP) is 3.27. The van der Waals surface area contributed by atoms with Crippen LogP contribution in [0.1, 0.15) is 22.6 Å². The molecule has 0 N–H and O–H groups in total. The largest absolute Gasteiger partial charge is 0.417 e. The summed E-state index contributed by atoms with van der Waals surface area (Å²) in [5.74, 6) is 2.53. The first-order chi connectivity index (χ1) is 12.3. The Morgan fingerprint density at radius 1 is 1.12 bits per heavy atom. The molecule has 2 atom stereocenters. The third-order valence-electron chi connectivity index (χ3n) is 5.52. The van der Waals surface area contributed by atoms with Crippen molar-refractivity contribution in [3.05, 3.63) is 40.9 Å². The highest BCUT2D eigenvalue weighted by atomic mass is 19.4. The van der Waals surface area contributed by atoms with Gasteiger partial charge in [0.1, 0.15) is 11.6 Å². The third-order valence-corrected chi connectivity index (χ3v) is 5.52. The van der Waals surface area contributed by atoms with E-state index in [0.717, 1.165) is 62.0 Å². The van der Waals surface area contributed by atoms with Crippen LogP contribution in [0.25, 0.3) is 0 Å². The molecule has 0 spiro atoms. The van der Waals surface area contributed by atoms with Gasteiger partial charge in [-0.1, -0.05) is 5.16 Å². The summed E-state index contributed by atoms with van der Waals surface area (Å²) in [6, 6.07) is 2.59. The molecule has 0 amide bonds. The number of likely N-dealkylation sites (tertiary alicyclic amines) is 1. The van der Waals surface area contributed by atoms with Crippen LogP contribution in [-0.2, 0) is 12.7 Å². The molecule has 2 aromatic rings. The number of anilines is 1. The van der Waals surface area contributed by atoms with Gasteiger partial charge in [0.05, 0.1) is 11.3 Å². The topological polar surface area (TPSA) is 45.4 Å². The molecule has 26 heavy (non-hydrogen) atoms. The summed E-state index contributed by atoms with van der Waals surface area (Å²) in [7, 11) is 0. The van der Waals surface area contributed by atoms with Crippen molar-refractivity contribution >= 4 is 5.82 Å². The van der Waals surface area contributed by atoms with Crippen LogP contribution < -0.4 is 4.90 Å². The zero-order valence-corrected chi connectivity index (χ0v) is 14.8. The highest BCUT2D eigenvalue weighted by molar-refractivity contribution is 5.41. The Kier molecular flexibility index (Phi) is 4.17. The molecule has 0 saturated carbocycles. The molecule has 5 nitrogen and oxygen atoms in total. The molecule has 8 heteroatoms. The number of nitrogens with zero attached hydrogens (tertiary/aromatic N) is 4. The number of hydrogen-bond acceptors (Lipinski definition) is 5. The minimum Gasteiger partial charge on any atom is -0.361 e. The van der Waals surface area contributed by atoms with Crippen molar-refractivity contribution in [2.24, 2.45) is 11.8 Å². The molecule has 0 bridgehead atoms. The van der Waals surface area contributed by atoms with Crippen molar-refractivity contribution in [1.29, 1.82) is 0 Å². The lowest BCUT2D eigenvalue weighted by Crippen LogP contribution is -2.29. The standard InChI is InChI=1S/C18H21F3N4O/c1-11-16(12(2)26-23-11)10-24-6-13-8-25(9-14(13)7-24)17-4-3-15(5-22-17)18(19,20)21/h3-5,13-14H,6-10H2,1-2H3. The quantitative estimate of drug-likeness (QED) is 0.834. The number of pyridine rings is 1. The van der Waals surface area contributed by atoms with E-state index in [1.165, 1.54) is 6.07 Å². The van der Waals surface area contributed by atoms with Crippen LogP contribution in [0.5, 0.6) is 0 Å². The lowest BCUT2D eigenvalue weighted by Gasteiger charge is -2.22. The summed E-state index contributed by atoms with van der Waals surface area (Å²) in [5.41, 5.74) is 1.40. The number of aromatic nitrogens is 2. The first-order valence-corrected chi connectivity index (χ1v) is 8.73. The second-order valence-corrected chi connectivity index (χ2v) is 7.32. The average Bonchev–Trinajstić information content (AvgIpc) is 3.23. The Balaban J connectivity index is 1.38. The number of aryl methyl sites for hydroxylation is 2. The summed E-state index contributed by atoms with van der Waals surface area (Å²) in [6.07, 6.45) is -3.42. The van der Waals surface area contributed by atoms with Crippen LogP contribution in [-0.4, -0.2) is 41.2 Å². The Labute approximate surface area is 149 Å². The minimum absolute atomic E-state index is 0.513. The average molecular weight is 366 g/mol. The van der Waals surface area contributed by atoms with E-state index in [1.54, 1.807) is 0 Å². The van der Waals surface area contributed by atoms with Crippen molar-refractivity contribution in [1.82, 2.24) is 15.0 Å². The van der Waals surface area contributed by atoms with E-state index in [1.807, 2.05) is 13.8 Å². The highest BCUT2D eigenvalue weighted by Crippen LogP contribution is 2.35. The second kappa shape index (κ2) is 6.26. The van der Waals surface area contributed by atoms with E-state index in [0.29, 0.717) is 17.7 Å². The number of alkyl halides is 3. The summed E-state index contributed by atoms with van der Waals surface area (Å²) in [6.45, 7) is 8.36. The molecule has 2 saturated heterocycles. The van der Waals surface area contributed by atoms with Gasteiger partial charge >= 0.3 is 6.18 Å². The molecule has 2 aliphatic heterocycles. The summed E-state index contributed by atoms with van der Waals surface area (Å²) < 4.78 is 43.2. The molecule has 2 aromatic heterocycles. The van der Waals surface area contributed by atoms with Gasteiger partial charge in [-0.25, -0.2) is 4.98 Å². The Morgan fingerprint density at radius 3 is 2.31 bits per heavy atom. The van der Waals surface area contributed by atoms with E-state index in [2.05, 4.69) is 19.9 Å². The molecular weight excluding hydrogens is 345 g/mol. The summed E-state index contributed by atoms with van der Waals surface area (Å²) in [4.78, 5) is 8.55. The van der Waals surface area contributed by atoms with Crippen LogP contribution >= 0.6 is 0 Å². The molecule has 4 heterocycles. The maximum absolute atomic E-state index is 12.7. The molecule has 2 unspecified atom stereocenters. The van der Waals surface area contributed by atoms with Gasteiger partial charge < -0.3 is 9.42 Å². The highest BCUT2D eigenvalue weighted by Gasteiger charge is 2.41. The number of halogens is 3. The zero-order chi connectivity index (χ0) is 18.5. The Hall–Kier alpha value is -2.09. The van der Waals surface area contributed by atoms with Gasteiger partial charge in [-0.05, 0) is 37.8 Å². The van der Waals surface area contributed by atoms with Crippen molar-refractivity contribution in [3.8, 4) is 0 Å². The normalized spacial score (nSPS) is 23.7. The Morgan fingerprint density at radius 2 is 1.81 bits per heavy atom. The van der Waals surface area contributed by atoms with Gasteiger partial charge in [0, 0.05) is 44.5 Å². The number of fused-ring (bicyclic) bond motifs is 1. The van der Waals surface area contributed by atoms with E-state index >= 15 is 0 Å². The smallest absolute Gasteiger partial charge is 0.361 e. The number of rotatable bonds is 3. The van der Waals surface area contributed by atoms with Gasteiger partial charge in [-0.3, -0.25) is 4.90 Å². The van der Waals surface area contributed by atoms with Crippen molar-refractivity contribution < 1.29 is 17.7 Å². The maximum Gasteiger partial charge on any atom is 0.417 e. The summed E-state index contributed by atoms with van der Waals surface area (Å²) >= 11 is 0. The Bertz CT molecular complexity index is 753. The number of hydrogen-bond donors (Lipinski definition) is 0. The van der Waals surface area contributed by atoms with E-state index in [9.17, 15) is 13.2 Å². The summed E-state index contributed by atoms with van der Waals surface area (Å²) in [5, 5.41) is 4.01. The fourth-order valence-electron chi connectivity index (χ4n) is 4.10. The fourth-order valence-corrected chi connectivity index (χ4v) is 4.10. The van der Waals surface area contributed by atoms with Crippen LogP contribution in [0.4, 0.5) is 19.0 Å². The van der Waals surface area contributed by atoms with Crippen molar-refractivity contribution in [2.75, 3.05) is 31.1 Å². The van der Waals surface area contributed by atoms with Crippen molar-refractivity contribution in [2.45, 2.75) is 26.6 Å². The fraction of sp³-hybridized carbons (Fsp3) is 0.556. The zero-order valence-electron chi connectivity index (χ0n) is 14.8. The van der Waals surface area contributed by atoms with Gasteiger partial charge in [0.25, 0.3) is 0 Å². The SMILES string of the molecule is Cc1noc(C)c1CN1CC2CN(c3ccc(C(F)(F)F)cn3)CC2C1. The lowest BCUT2D eigenvalue weighted by molar-refractivity contribution is -0.137. The minimum atomic E-state index is -4.34. The second-order valence-electron chi connectivity index (χ2n) is 7.32. The monoisotopic (exact) mass is 366 g/mol. The van der Waals surface area contributed by atoms with E-state index in [-0.39, 0.29) is 0 Å². The molecule has 2 fully saturated rings. The van der Waals surface area contributed by atoms with Crippen LogP contribution in [0.2, 0.25) is 0 Å². The third kappa shape index (κ3) is 3.18. The van der Waals surface area contributed by atoms with Crippen LogP contribution in [0, 0.1) is 25.7 Å². The first-order valence-electron chi connectivity index (χ1n) is 8.73. The molecule has 0 aromatic carbocycles. The molecule has 4 rings (SSSR count). The van der Waals surface area contributed by atoms with Gasteiger partial charge in [-0.15, -0.1) is 0 Å². The maximum atomic E-state index is 12.7. The van der Waals surface area contributed by atoms with E-state index < -0.39 is 11.7 Å². The van der Waals surface area contributed by atoms with Gasteiger partial charge in [-0.2, -0.15) is 13.2 Å². The van der Waals surface area contributed by atoms with Crippen molar-refractivity contribution in [3.63, 3.8) is 0 Å². The molecule has 2 aliphatic rings. The van der Waals surface area contributed by atoms with Crippen LogP contribution in [0.15, 0.2) is 22.9 Å². The first kappa shape index (κ1) is 17.3. The van der Waals surface area contributed by atoms with E-state index in [4.69, 9.17) is 4.52 Å². The van der Waals surface area contributed by atoms with Crippen LogP contribution in [0.3, 0.4) is 0 Å². The molecule has 140 valence electrons.